The molecule has 2 rings (SSSR count). The maximum atomic E-state index is 13.0. The molecule has 1 aliphatic heterocycles. The van der Waals surface area contributed by atoms with Gasteiger partial charge in [0, 0.05) is 11.0 Å². The summed E-state index contributed by atoms with van der Waals surface area (Å²) in [4.78, 5) is 0. The van der Waals surface area contributed by atoms with Gasteiger partial charge in [-0.15, -0.1) is 0 Å². The molecule has 0 radical (unpaired) electrons. The third-order valence-corrected chi connectivity index (χ3v) is 3.18. The van der Waals surface area contributed by atoms with Crippen LogP contribution in [-0.2, 0) is 0 Å². The van der Waals surface area contributed by atoms with Gasteiger partial charge in [-0.05, 0) is 42.6 Å². The van der Waals surface area contributed by atoms with E-state index in [2.05, 4.69) is 21.2 Å². The van der Waals surface area contributed by atoms with Crippen LogP contribution in [0.4, 0.5) is 4.39 Å². The zero-order valence-electron chi connectivity index (χ0n) is 7.19. The van der Waals surface area contributed by atoms with Gasteiger partial charge in [-0.25, -0.2) is 4.39 Å². The van der Waals surface area contributed by atoms with E-state index in [1.54, 1.807) is 12.1 Å². The number of nitrogens with one attached hydrogen (secondary N) is 1. The Labute approximate surface area is 85.5 Å². The molecule has 0 aliphatic carbocycles. The van der Waals surface area contributed by atoms with Crippen LogP contribution < -0.4 is 5.32 Å². The van der Waals surface area contributed by atoms with Crippen LogP contribution in [0, 0.1) is 5.82 Å². The van der Waals surface area contributed by atoms with Gasteiger partial charge in [0.15, 0.2) is 0 Å². The van der Waals surface area contributed by atoms with E-state index in [1.165, 1.54) is 6.07 Å². The molecule has 0 aromatic heterocycles. The van der Waals surface area contributed by atoms with Crippen LogP contribution in [0.3, 0.4) is 0 Å². The SMILES string of the molecule is Fc1ccc(Br)c([C@@H]2CCNC2)c1. The van der Waals surface area contributed by atoms with E-state index >= 15 is 0 Å². The lowest BCUT2D eigenvalue weighted by Crippen LogP contribution is -2.08. The normalized spacial score (nSPS) is 22.2. The van der Waals surface area contributed by atoms with E-state index in [0.717, 1.165) is 29.5 Å². The van der Waals surface area contributed by atoms with Crippen LogP contribution in [-0.4, -0.2) is 13.1 Å². The lowest BCUT2D eigenvalue weighted by Gasteiger charge is -2.10. The maximum Gasteiger partial charge on any atom is 0.123 e. The second-order valence-electron chi connectivity index (χ2n) is 3.36. The van der Waals surface area contributed by atoms with Crippen molar-refractivity contribution in [1.82, 2.24) is 5.32 Å². The Bertz CT molecular complexity index is 308. The van der Waals surface area contributed by atoms with Crippen molar-refractivity contribution in [3.05, 3.63) is 34.1 Å². The number of hydrogen-bond acceptors (Lipinski definition) is 1. The summed E-state index contributed by atoms with van der Waals surface area (Å²) in [6.07, 6.45) is 1.10. The Hall–Kier alpha value is -0.410. The van der Waals surface area contributed by atoms with Gasteiger partial charge in [0.2, 0.25) is 0 Å². The first-order valence-corrected chi connectivity index (χ1v) is 5.22. The Balaban J connectivity index is 2.32. The van der Waals surface area contributed by atoms with E-state index < -0.39 is 0 Å². The molecule has 1 heterocycles. The molecule has 1 fully saturated rings. The predicted octanol–water partition coefficient (Wildman–Crippen LogP) is 2.67. The molecule has 1 aliphatic rings. The lowest BCUT2D eigenvalue weighted by molar-refractivity contribution is 0.620. The summed E-state index contributed by atoms with van der Waals surface area (Å²) in [7, 11) is 0. The van der Waals surface area contributed by atoms with Crippen molar-refractivity contribution in [2.24, 2.45) is 0 Å². The molecule has 3 heteroatoms. The van der Waals surface area contributed by atoms with E-state index in [-0.39, 0.29) is 5.82 Å². The van der Waals surface area contributed by atoms with E-state index in [0.29, 0.717) is 5.92 Å². The molecule has 70 valence electrons. The standard InChI is InChI=1S/C10H11BrFN/c11-10-2-1-8(12)5-9(10)7-3-4-13-6-7/h1-2,5,7,13H,3-4,6H2/t7-/m1/s1. The largest absolute Gasteiger partial charge is 0.316 e. The number of halogens is 2. The average Bonchev–Trinajstić information content (AvgIpc) is 2.61. The third kappa shape index (κ3) is 1.92. The first-order valence-electron chi connectivity index (χ1n) is 4.43. The average molecular weight is 244 g/mol. The summed E-state index contributed by atoms with van der Waals surface area (Å²) < 4.78 is 14.0. The number of benzene rings is 1. The Morgan fingerprint density at radius 3 is 3.00 bits per heavy atom. The van der Waals surface area contributed by atoms with E-state index in [9.17, 15) is 4.39 Å². The molecule has 1 aromatic rings. The predicted molar refractivity (Wildman–Crippen MR) is 54.3 cm³/mol. The summed E-state index contributed by atoms with van der Waals surface area (Å²) in [6, 6.07) is 4.89. The van der Waals surface area contributed by atoms with Gasteiger partial charge in [0.05, 0.1) is 0 Å². The van der Waals surface area contributed by atoms with Crippen LogP contribution in [0.25, 0.3) is 0 Å². The van der Waals surface area contributed by atoms with Crippen LogP contribution in [0.2, 0.25) is 0 Å². The van der Waals surface area contributed by atoms with Crippen molar-refractivity contribution in [2.75, 3.05) is 13.1 Å². The summed E-state index contributed by atoms with van der Waals surface area (Å²) in [6.45, 7) is 2.00. The molecular weight excluding hydrogens is 233 g/mol. The van der Waals surface area contributed by atoms with Crippen molar-refractivity contribution in [3.8, 4) is 0 Å². The highest BCUT2D eigenvalue weighted by Gasteiger charge is 2.19. The molecule has 0 amide bonds. The molecule has 0 unspecified atom stereocenters. The van der Waals surface area contributed by atoms with Crippen molar-refractivity contribution in [3.63, 3.8) is 0 Å². The Morgan fingerprint density at radius 1 is 1.46 bits per heavy atom. The number of hydrogen-bond donors (Lipinski definition) is 1. The molecule has 13 heavy (non-hydrogen) atoms. The highest BCUT2D eigenvalue weighted by molar-refractivity contribution is 9.10. The molecule has 0 bridgehead atoms. The van der Waals surface area contributed by atoms with Gasteiger partial charge in [-0.1, -0.05) is 15.9 Å². The Kier molecular flexibility index (Phi) is 2.65. The molecule has 1 saturated heterocycles. The quantitative estimate of drug-likeness (QED) is 0.800. The fourth-order valence-corrected chi connectivity index (χ4v) is 2.32. The van der Waals surface area contributed by atoms with E-state index in [4.69, 9.17) is 0 Å². The monoisotopic (exact) mass is 243 g/mol. The molecule has 1 N–H and O–H groups in total. The van der Waals surface area contributed by atoms with Gasteiger partial charge in [0.1, 0.15) is 5.82 Å². The first-order chi connectivity index (χ1) is 6.27. The van der Waals surface area contributed by atoms with Crippen molar-refractivity contribution < 1.29 is 4.39 Å². The Morgan fingerprint density at radius 2 is 2.31 bits per heavy atom. The minimum Gasteiger partial charge on any atom is -0.316 e. The highest BCUT2D eigenvalue weighted by Crippen LogP contribution is 2.29. The minimum absolute atomic E-state index is 0.148. The summed E-state index contributed by atoms with van der Waals surface area (Å²) in [5.74, 6) is 0.315. The van der Waals surface area contributed by atoms with Gasteiger partial charge >= 0.3 is 0 Å². The van der Waals surface area contributed by atoms with Gasteiger partial charge < -0.3 is 5.32 Å². The zero-order chi connectivity index (χ0) is 9.26. The summed E-state index contributed by atoms with van der Waals surface area (Å²) in [5, 5.41) is 3.27. The molecule has 1 nitrogen and oxygen atoms in total. The summed E-state index contributed by atoms with van der Waals surface area (Å²) >= 11 is 3.45. The molecular formula is C10H11BrFN. The smallest absolute Gasteiger partial charge is 0.123 e. The van der Waals surface area contributed by atoms with Crippen molar-refractivity contribution in [2.45, 2.75) is 12.3 Å². The topological polar surface area (TPSA) is 12.0 Å². The second kappa shape index (κ2) is 3.76. The summed E-state index contributed by atoms with van der Waals surface area (Å²) in [5.41, 5.74) is 1.09. The fourth-order valence-electron chi connectivity index (χ4n) is 1.75. The number of rotatable bonds is 1. The van der Waals surface area contributed by atoms with Crippen LogP contribution >= 0.6 is 15.9 Å². The zero-order valence-corrected chi connectivity index (χ0v) is 8.77. The van der Waals surface area contributed by atoms with Crippen LogP contribution in [0.5, 0.6) is 0 Å². The molecule has 1 atom stereocenters. The fraction of sp³-hybridized carbons (Fsp3) is 0.400. The van der Waals surface area contributed by atoms with Crippen molar-refractivity contribution in [1.29, 1.82) is 0 Å². The first kappa shape index (κ1) is 9.16. The van der Waals surface area contributed by atoms with Gasteiger partial charge in [-0.2, -0.15) is 0 Å². The van der Waals surface area contributed by atoms with Crippen molar-refractivity contribution >= 4 is 15.9 Å². The molecule has 1 aromatic carbocycles. The highest BCUT2D eigenvalue weighted by atomic mass is 79.9. The maximum absolute atomic E-state index is 13.0. The van der Waals surface area contributed by atoms with Crippen LogP contribution in [0.1, 0.15) is 17.9 Å². The third-order valence-electron chi connectivity index (χ3n) is 2.46. The minimum atomic E-state index is -0.148. The van der Waals surface area contributed by atoms with E-state index in [1.807, 2.05) is 0 Å². The van der Waals surface area contributed by atoms with Gasteiger partial charge in [-0.3, -0.25) is 0 Å². The van der Waals surface area contributed by atoms with Crippen LogP contribution in [0.15, 0.2) is 22.7 Å². The molecule has 0 spiro atoms. The lowest BCUT2D eigenvalue weighted by atomic mass is 9.98. The molecule has 0 saturated carbocycles. The second-order valence-corrected chi connectivity index (χ2v) is 4.21. The van der Waals surface area contributed by atoms with Gasteiger partial charge in [0.25, 0.3) is 0 Å².